The summed E-state index contributed by atoms with van der Waals surface area (Å²) in [6.45, 7) is 0. The van der Waals surface area contributed by atoms with Crippen LogP contribution in [0.4, 0.5) is 10.8 Å². The number of benzene rings is 1. The first-order valence-electron chi connectivity index (χ1n) is 9.60. The van der Waals surface area contributed by atoms with Gasteiger partial charge >= 0.3 is 0 Å². The van der Waals surface area contributed by atoms with E-state index < -0.39 is 0 Å². The van der Waals surface area contributed by atoms with E-state index in [0.29, 0.717) is 17.3 Å². The maximum absolute atomic E-state index is 12.6. The Morgan fingerprint density at radius 3 is 2.64 bits per heavy atom. The van der Waals surface area contributed by atoms with E-state index in [4.69, 9.17) is 0 Å². The maximum atomic E-state index is 12.6. The largest absolute Gasteiger partial charge is 0.357 e. The molecule has 0 atom stereocenters. The molecule has 1 heterocycles. The monoisotopic (exact) mass is 417 g/mol. The molecular formula is C19H23N5O2S2. The standard InChI is InChI=1S/C19H23N5O2S2/c25-16(11-27-19-24-23-18(28-19)21-13-9-10-13)22-15-8-4-3-7-14(15)17(26)20-12-5-1-2-6-12/h3-4,7-8,12-13H,1-2,5-6,9-11H2,(H,20,26)(H,21,23)(H,22,25). The molecule has 2 amide bonds. The Labute approximate surface area is 172 Å². The van der Waals surface area contributed by atoms with Gasteiger partial charge in [0, 0.05) is 12.1 Å². The topological polar surface area (TPSA) is 96.0 Å². The van der Waals surface area contributed by atoms with Crippen molar-refractivity contribution in [2.75, 3.05) is 16.4 Å². The summed E-state index contributed by atoms with van der Waals surface area (Å²) in [5.41, 5.74) is 1.04. The summed E-state index contributed by atoms with van der Waals surface area (Å²) in [7, 11) is 0. The van der Waals surface area contributed by atoms with Crippen molar-refractivity contribution in [3.8, 4) is 0 Å². The van der Waals surface area contributed by atoms with Crippen molar-refractivity contribution in [1.82, 2.24) is 15.5 Å². The van der Waals surface area contributed by atoms with Crippen LogP contribution in [0.5, 0.6) is 0 Å². The number of rotatable bonds is 8. The normalized spacial score (nSPS) is 16.7. The molecule has 2 aromatic rings. The van der Waals surface area contributed by atoms with Crippen LogP contribution in [0.25, 0.3) is 0 Å². The van der Waals surface area contributed by atoms with Gasteiger partial charge in [-0.2, -0.15) is 0 Å². The van der Waals surface area contributed by atoms with E-state index in [2.05, 4.69) is 26.1 Å². The fourth-order valence-electron chi connectivity index (χ4n) is 3.17. The van der Waals surface area contributed by atoms with Crippen molar-refractivity contribution in [2.24, 2.45) is 0 Å². The minimum absolute atomic E-state index is 0.129. The number of para-hydroxylation sites is 1. The summed E-state index contributed by atoms with van der Waals surface area (Å²) >= 11 is 2.81. The molecule has 2 saturated carbocycles. The zero-order valence-electron chi connectivity index (χ0n) is 15.4. The Bertz CT molecular complexity index is 846. The molecule has 0 spiro atoms. The van der Waals surface area contributed by atoms with E-state index in [-0.39, 0.29) is 23.6 Å². The molecule has 9 heteroatoms. The first kappa shape index (κ1) is 19.2. The highest BCUT2D eigenvalue weighted by Gasteiger charge is 2.23. The van der Waals surface area contributed by atoms with Gasteiger partial charge in [0.15, 0.2) is 4.34 Å². The average Bonchev–Trinajstić information content (AvgIpc) is 3.15. The minimum atomic E-state index is -0.169. The molecule has 28 heavy (non-hydrogen) atoms. The number of anilines is 2. The van der Waals surface area contributed by atoms with Crippen molar-refractivity contribution >= 4 is 45.7 Å². The van der Waals surface area contributed by atoms with E-state index in [1.807, 2.05) is 12.1 Å². The molecule has 0 unspecified atom stereocenters. The van der Waals surface area contributed by atoms with Crippen LogP contribution in [0.3, 0.4) is 0 Å². The number of carbonyl (C=O) groups excluding carboxylic acids is 2. The summed E-state index contributed by atoms with van der Waals surface area (Å²) in [5, 5.41) is 18.2. The fraction of sp³-hybridized carbons (Fsp3) is 0.474. The van der Waals surface area contributed by atoms with Gasteiger partial charge in [0.2, 0.25) is 11.0 Å². The second kappa shape index (κ2) is 8.91. The average molecular weight is 418 g/mol. The molecule has 3 N–H and O–H groups in total. The summed E-state index contributed by atoms with van der Waals surface area (Å²) in [4.78, 5) is 25.0. The Morgan fingerprint density at radius 2 is 1.86 bits per heavy atom. The number of amides is 2. The quantitative estimate of drug-likeness (QED) is 0.569. The summed E-state index contributed by atoms with van der Waals surface area (Å²) < 4.78 is 0.755. The predicted molar refractivity (Wildman–Crippen MR) is 112 cm³/mol. The third-order valence-corrected chi connectivity index (χ3v) is 6.76. The number of hydrogen-bond acceptors (Lipinski definition) is 7. The molecule has 2 aliphatic carbocycles. The van der Waals surface area contributed by atoms with Crippen LogP contribution in [0.1, 0.15) is 48.9 Å². The van der Waals surface area contributed by atoms with Gasteiger partial charge in [-0.15, -0.1) is 10.2 Å². The lowest BCUT2D eigenvalue weighted by Gasteiger charge is -2.14. The van der Waals surface area contributed by atoms with Crippen LogP contribution in [-0.2, 0) is 4.79 Å². The number of carbonyl (C=O) groups is 2. The van der Waals surface area contributed by atoms with Crippen LogP contribution < -0.4 is 16.0 Å². The molecule has 2 fully saturated rings. The lowest BCUT2D eigenvalue weighted by molar-refractivity contribution is -0.113. The summed E-state index contributed by atoms with van der Waals surface area (Å²) in [6.07, 6.45) is 6.72. The van der Waals surface area contributed by atoms with Gasteiger partial charge in [-0.3, -0.25) is 9.59 Å². The number of nitrogens with one attached hydrogen (secondary N) is 3. The number of hydrogen-bond donors (Lipinski definition) is 3. The lowest BCUT2D eigenvalue weighted by Crippen LogP contribution is -2.33. The third-order valence-electron chi connectivity index (χ3n) is 4.77. The fourth-order valence-corrected chi connectivity index (χ4v) is 4.79. The molecule has 4 rings (SSSR count). The van der Waals surface area contributed by atoms with Crippen LogP contribution in [-0.4, -0.2) is 39.8 Å². The van der Waals surface area contributed by atoms with Gasteiger partial charge in [-0.25, -0.2) is 0 Å². The van der Waals surface area contributed by atoms with E-state index in [9.17, 15) is 9.59 Å². The molecule has 1 aromatic heterocycles. The van der Waals surface area contributed by atoms with E-state index in [1.165, 1.54) is 35.9 Å². The minimum Gasteiger partial charge on any atom is -0.357 e. The van der Waals surface area contributed by atoms with E-state index in [1.54, 1.807) is 12.1 Å². The molecule has 0 aliphatic heterocycles. The van der Waals surface area contributed by atoms with Gasteiger partial charge in [0.25, 0.3) is 5.91 Å². The van der Waals surface area contributed by atoms with Crippen molar-refractivity contribution in [3.05, 3.63) is 29.8 Å². The van der Waals surface area contributed by atoms with Gasteiger partial charge in [-0.05, 0) is 37.8 Å². The third kappa shape index (κ3) is 5.23. The summed E-state index contributed by atoms with van der Waals surface area (Å²) in [5.74, 6) is -0.0789. The van der Waals surface area contributed by atoms with E-state index in [0.717, 1.165) is 35.2 Å². The first-order valence-corrected chi connectivity index (χ1v) is 11.4. The molecule has 7 nitrogen and oxygen atoms in total. The summed E-state index contributed by atoms with van der Waals surface area (Å²) in [6, 6.07) is 7.89. The highest BCUT2D eigenvalue weighted by Crippen LogP contribution is 2.30. The van der Waals surface area contributed by atoms with Gasteiger partial charge in [0.05, 0.1) is 17.0 Å². The Hall–Kier alpha value is -2.13. The van der Waals surface area contributed by atoms with Crippen LogP contribution in [0, 0.1) is 0 Å². The van der Waals surface area contributed by atoms with Crippen LogP contribution in [0.15, 0.2) is 28.6 Å². The van der Waals surface area contributed by atoms with E-state index >= 15 is 0 Å². The Morgan fingerprint density at radius 1 is 1.07 bits per heavy atom. The highest BCUT2D eigenvalue weighted by atomic mass is 32.2. The van der Waals surface area contributed by atoms with Crippen LogP contribution in [0.2, 0.25) is 0 Å². The highest BCUT2D eigenvalue weighted by molar-refractivity contribution is 8.01. The predicted octanol–water partition coefficient (Wildman–Crippen LogP) is 3.52. The maximum Gasteiger partial charge on any atom is 0.253 e. The molecule has 0 saturated heterocycles. The second-order valence-corrected chi connectivity index (χ2v) is 9.33. The molecule has 2 aliphatic rings. The van der Waals surface area contributed by atoms with Gasteiger partial charge in [0.1, 0.15) is 0 Å². The number of thioether (sulfide) groups is 1. The molecular weight excluding hydrogens is 394 g/mol. The number of nitrogens with zero attached hydrogens (tertiary/aromatic N) is 2. The second-order valence-electron chi connectivity index (χ2n) is 7.13. The lowest BCUT2D eigenvalue weighted by atomic mass is 10.1. The number of aromatic nitrogens is 2. The zero-order valence-corrected chi connectivity index (χ0v) is 17.1. The Kier molecular flexibility index (Phi) is 6.11. The molecule has 0 bridgehead atoms. The van der Waals surface area contributed by atoms with Gasteiger partial charge in [-0.1, -0.05) is 48.1 Å². The van der Waals surface area contributed by atoms with Crippen molar-refractivity contribution in [1.29, 1.82) is 0 Å². The van der Waals surface area contributed by atoms with Gasteiger partial charge < -0.3 is 16.0 Å². The first-order chi connectivity index (χ1) is 13.7. The molecule has 148 valence electrons. The zero-order chi connectivity index (χ0) is 19.3. The van der Waals surface area contributed by atoms with Crippen LogP contribution >= 0.6 is 23.1 Å². The Balaban J connectivity index is 1.31. The van der Waals surface area contributed by atoms with Crippen molar-refractivity contribution < 1.29 is 9.59 Å². The molecule has 0 radical (unpaired) electrons. The van der Waals surface area contributed by atoms with Crippen molar-refractivity contribution in [2.45, 2.75) is 54.9 Å². The van der Waals surface area contributed by atoms with Crippen molar-refractivity contribution in [3.63, 3.8) is 0 Å². The molecule has 1 aromatic carbocycles. The smallest absolute Gasteiger partial charge is 0.253 e. The SMILES string of the molecule is O=C(CSc1nnc(NC2CC2)s1)Nc1ccccc1C(=O)NC1CCCC1.